The third-order valence-electron chi connectivity index (χ3n) is 4.29. The van der Waals surface area contributed by atoms with Crippen molar-refractivity contribution < 1.29 is 9.18 Å². The zero-order chi connectivity index (χ0) is 18.7. The fraction of sp³-hybridized carbons (Fsp3) is 0.333. The fourth-order valence-corrected chi connectivity index (χ4v) is 4.11. The molecule has 136 valence electrons. The van der Waals surface area contributed by atoms with Gasteiger partial charge in [0.15, 0.2) is 11.0 Å². The third-order valence-corrected chi connectivity index (χ3v) is 5.72. The molecule has 1 aromatic carbocycles. The van der Waals surface area contributed by atoms with Crippen LogP contribution >= 0.6 is 23.5 Å². The molecule has 2 heterocycles. The number of Topliss-reactive ketones (excluding diaryl/α,β-unsaturated/α-hetero) is 1. The van der Waals surface area contributed by atoms with Crippen LogP contribution in [0.3, 0.4) is 0 Å². The average molecular weight is 391 g/mol. The van der Waals surface area contributed by atoms with E-state index < -0.39 is 5.54 Å². The number of halogens is 1. The normalized spacial score (nSPS) is 19.9. The number of nitrogens with two attached hydrogens (primary N) is 1. The van der Waals surface area contributed by atoms with Crippen molar-refractivity contribution in [2.24, 2.45) is 10.7 Å². The van der Waals surface area contributed by atoms with Gasteiger partial charge in [-0.3, -0.25) is 9.79 Å². The molecular formula is C18H19FN4OS2. The average Bonchev–Trinajstić information content (AvgIpc) is 2.63. The maximum atomic E-state index is 14.4. The Kier molecular flexibility index (Phi) is 5.62. The van der Waals surface area contributed by atoms with Crippen molar-refractivity contribution in [1.82, 2.24) is 9.97 Å². The Morgan fingerprint density at radius 3 is 2.85 bits per heavy atom. The molecule has 26 heavy (non-hydrogen) atoms. The number of carbonyl (C=O) groups excluding carboxylic acids is 1. The minimum atomic E-state index is -0.710. The van der Waals surface area contributed by atoms with E-state index in [0.717, 1.165) is 16.3 Å². The lowest BCUT2D eigenvalue weighted by Gasteiger charge is -2.30. The van der Waals surface area contributed by atoms with Crippen LogP contribution < -0.4 is 5.73 Å². The summed E-state index contributed by atoms with van der Waals surface area (Å²) < 4.78 is 14.4. The maximum absolute atomic E-state index is 14.4. The molecule has 0 saturated carbocycles. The van der Waals surface area contributed by atoms with Gasteiger partial charge in [0.2, 0.25) is 0 Å². The zero-order valence-electron chi connectivity index (χ0n) is 14.5. The number of ketones is 1. The second-order valence-electron chi connectivity index (χ2n) is 6.18. The summed E-state index contributed by atoms with van der Waals surface area (Å²) in [5, 5.41) is 1.22. The maximum Gasteiger partial charge on any atom is 0.187 e. The topological polar surface area (TPSA) is 81.2 Å². The van der Waals surface area contributed by atoms with Crippen LogP contribution in [-0.4, -0.2) is 32.9 Å². The van der Waals surface area contributed by atoms with Gasteiger partial charge in [-0.25, -0.2) is 14.4 Å². The Morgan fingerprint density at radius 2 is 2.19 bits per heavy atom. The van der Waals surface area contributed by atoms with Gasteiger partial charge in [-0.1, -0.05) is 17.8 Å². The molecule has 0 saturated heterocycles. The molecule has 1 aromatic heterocycles. The summed E-state index contributed by atoms with van der Waals surface area (Å²) in [6.07, 6.45) is 5.76. The van der Waals surface area contributed by atoms with Crippen LogP contribution in [-0.2, 0) is 12.0 Å². The van der Waals surface area contributed by atoms with Crippen LogP contribution in [0.2, 0.25) is 0 Å². The summed E-state index contributed by atoms with van der Waals surface area (Å²) in [6.45, 7) is 1.87. The van der Waals surface area contributed by atoms with Crippen LogP contribution in [0.15, 0.2) is 40.6 Å². The third kappa shape index (κ3) is 4.07. The molecule has 1 aliphatic heterocycles. The molecular weight excluding hydrogens is 371 g/mol. The predicted octanol–water partition coefficient (Wildman–Crippen LogP) is 3.43. The molecule has 0 fully saturated rings. The molecule has 0 spiro atoms. The van der Waals surface area contributed by atoms with Gasteiger partial charge in [-0.05, 0) is 37.3 Å². The van der Waals surface area contributed by atoms with Gasteiger partial charge in [-0.15, -0.1) is 11.8 Å². The molecule has 1 atom stereocenters. The molecule has 1 aliphatic rings. The summed E-state index contributed by atoms with van der Waals surface area (Å²) >= 11 is 2.93. The summed E-state index contributed by atoms with van der Waals surface area (Å²) in [7, 11) is 0. The minimum absolute atomic E-state index is 0.130. The minimum Gasteiger partial charge on any atom is -0.379 e. The molecule has 8 heteroatoms. The van der Waals surface area contributed by atoms with Gasteiger partial charge < -0.3 is 5.73 Å². The van der Waals surface area contributed by atoms with E-state index >= 15 is 0 Å². The standard InChI is InChI=1S/C18H19FN4OS2/c1-18(5-6-26-17(20)23-18)12-7-11(3-4-13(12)19)8-15(24)14-9-22-16(25-2)10-21-14/h3-4,7,9-10H,5-6,8H2,1-2H3,(H2,20,23)/t18-/m0/s1. The Balaban J connectivity index is 1.85. The SMILES string of the molecule is CSc1cnc(C(=O)Cc2ccc(F)c([C@]3(C)CCSC(N)=N3)c2)cn1. The van der Waals surface area contributed by atoms with Crippen molar-refractivity contribution in [1.29, 1.82) is 0 Å². The molecule has 2 aromatic rings. The summed E-state index contributed by atoms with van der Waals surface area (Å²) in [6, 6.07) is 4.72. The molecule has 0 radical (unpaired) electrons. The van der Waals surface area contributed by atoms with Crippen LogP contribution in [0.4, 0.5) is 4.39 Å². The van der Waals surface area contributed by atoms with Crippen molar-refractivity contribution in [3.8, 4) is 0 Å². The van der Waals surface area contributed by atoms with Gasteiger partial charge >= 0.3 is 0 Å². The highest BCUT2D eigenvalue weighted by molar-refractivity contribution is 8.13. The van der Waals surface area contributed by atoms with Gasteiger partial charge in [-0.2, -0.15) is 0 Å². The molecule has 2 N–H and O–H groups in total. The molecule has 0 amide bonds. The number of aromatic nitrogens is 2. The lowest BCUT2D eigenvalue weighted by molar-refractivity contribution is 0.0987. The number of nitrogens with zero attached hydrogens (tertiary/aromatic N) is 3. The number of amidine groups is 1. The van der Waals surface area contributed by atoms with Crippen molar-refractivity contribution in [3.05, 3.63) is 53.2 Å². The largest absolute Gasteiger partial charge is 0.379 e. The number of hydrogen-bond donors (Lipinski definition) is 1. The van der Waals surface area contributed by atoms with Gasteiger partial charge in [0, 0.05) is 17.7 Å². The quantitative estimate of drug-likeness (QED) is 0.622. The Hall–Kier alpha value is -1.93. The second kappa shape index (κ2) is 7.75. The van der Waals surface area contributed by atoms with Crippen molar-refractivity contribution >= 4 is 34.5 Å². The van der Waals surface area contributed by atoms with E-state index in [1.807, 2.05) is 13.2 Å². The second-order valence-corrected chi connectivity index (χ2v) is 8.12. The first kappa shape index (κ1) is 18.8. The summed E-state index contributed by atoms with van der Waals surface area (Å²) in [5.41, 5.74) is 6.61. The lowest BCUT2D eigenvalue weighted by Crippen LogP contribution is -2.29. The van der Waals surface area contributed by atoms with Gasteiger partial charge in [0.25, 0.3) is 0 Å². The highest BCUT2D eigenvalue weighted by Gasteiger charge is 2.32. The van der Waals surface area contributed by atoms with E-state index in [4.69, 9.17) is 5.73 Å². The van der Waals surface area contributed by atoms with Crippen molar-refractivity contribution in [3.63, 3.8) is 0 Å². The monoisotopic (exact) mass is 390 g/mol. The number of carbonyl (C=O) groups is 1. The zero-order valence-corrected chi connectivity index (χ0v) is 16.2. The smallest absolute Gasteiger partial charge is 0.187 e. The van der Waals surface area contributed by atoms with E-state index in [9.17, 15) is 9.18 Å². The van der Waals surface area contributed by atoms with E-state index in [-0.39, 0.29) is 18.0 Å². The van der Waals surface area contributed by atoms with Gasteiger partial charge in [0.05, 0.1) is 17.9 Å². The molecule has 3 rings (SSSR count). The van der Waals surface area contributed by atoms with Crippen molar-refractivity contribution in [2.45, 2.75) is 30.3 Å². The molecule has 0 unspecified atom stereocenters. The summed E-state index contributed by atoms with van der Waals surface area (Å²) in [5.74, 6) is 0.289. The Morgan fingerprint density at radius 1 is 1.38 bits per heavy atom. The van der Waals surface area contributed by atoms with E-state index in [1.165, 1.54) is 35.8 Å². The highest BCUT2D eigenvalue weighted by atomic mass is 32.2. The number of hydrogen-bond acceptors (Lipinski definition) is 7. The first-order valence-corrected chi connectivity index (χ1v) is 10.3. The predicted molar refractivity (Wildman–Crippen MR) is 104 cm³/mol. The molecule has 5 nitrogen and oxygen atoms in total. The van der Waals surface area contributed by atoms with Crippen LogP contribution in [0.25, 0.3) is 0 Å². The van der Waals surface area contributed by atoms with Crippen LogP contribution in [0, 0.1) is 5.82 Å². The molecule has 0 aliphatic carbocycles. The number of thioether (sulfide) groups is 2. The van der Waals surface area contributed by atoms with Crippen LogP contribution in [0.1, 0.15) is 35.0 Å². The Labute approximate surface area is 160 Å². The highest BCUT2D eigenvalue weighted by Crippen LogP contribution is 2.36. The lowest BCUT2D eigenvalue weighted by atomic mass is 9.87. The first-order valence-electron chi connectivity index (χ1n) is 8.07. The number of benzene rings is 1. The van der Waals surface area contributed by atoms with Crippen molar-refractivity contribution in [2.75, 3.05) is 12.0 Å². The van der Waals surface area contributed by atoms with E-state index in [2.05, 4.69) is 15.0 Å². The first-order chi connectivity index (χ1) is 12.4. The van der Waals surface area contributed by atoms with E-state index in [1.54, 1.807) is 18.3 Å². The number of rotatable bonds is 5. The van der Waals surface area contributed by atoms with Gasteiger partial charge in [0.1, 0.15) is 16.5 Å². The molecule has 0 bridgehead atoms. The fourth-order valence-electron chi connectivity index (χ4n) is 2.82. The van der Waals surface area contributed by atoms with E-state index in [0.29, 0.717) is 22.8 Å². The summed E-state index contributed by atoms with van der Waals surface area (Å²) in [4.78, 5) is 25.2. The Bertz CT molecular complexity index is 857. The number of aliphatic imine (C=N–C) groups is 1. The van der Waals surface area contributed by atoms with Crippen LogP contribution in [0.5, 0.6) is 0 Å².